The molecule has 1 amide bonds. The normalized spacial score (nSPS) is 14.8. The third-order valence-electron chi connectivity index (χ3n) is 5.55. The van der Waals surface area contributed by atoms with Gasteiger partial charge in [-0.25, -0.2) is 4.68 Å². The number of benzene rings is 3. The van der Waals surface area contributed by atoms with Crippen molar-refractivity contribution < 1.29 is 4.79 Å². The number of rotatable bonds is 7. The van der Waals surface area contributed by atoms with Crippen molar-refractivity contribution in [3.05, 3.63) is 107 Å². The lowest BCUT2D eigenvalue weighted by Gasteiger charge is -2.14. The number of carbonyl (C=O) groups is 1. The third-order valence-corrected chi connectivity index (χ3v) is 7.82. The first-order chi connectivity index (χ1) is 17.1. The maximum atomic E-state index is 13.3. The van der Waals surface area contributed by atoms with Crippen molar-refractivity contribution in [3.8, 4) is 16.9 Å². The molecule has 0 atom stereocenters. The standard InChI is InChI=1S/C28H23N3OS3/c1-2-34-24-15-13-21(14-16-24)26-22(19-31(29-26)23-11-7-4-8-12-23)17-25-27(32)30(28(33)35-25)18-20-9-5-3-6-10-20/h3-17,19H,2,18H2,1H3/b25-17-. The molecule has 4 aromatic rings. The number of carbonyl (C=O) groups excluding carboxylic acids is 1. The molecule has 4 nitrogen and oxygen atoms in total. The molecule has 2 heterocycles. The summed E-state index contributed by atoms with van der Waals surface area (Å²) in [7, 11) is 0. The summed E-state index contributed by atoms with van der Waals surface area (Å²) in [4.78, 5) is 16.8. The van der Waals surface area contributed by atoms with Crippen LogP contribution in [0.1, 0.15) is 18.1 Å². The van der Waals surface area contributed by atoms with Crippen LogP contribution in [-0.2, 0) is 11.3 Å². The van der Waals surface area contributed by atoms with Gasteiger partial charge in [-0.15, -0.1) is 11.8 Å². The smallest absolute Gasteiger partial charge is 0.266 e. The van der Waals surface area contributed by atoms with Crippen LogP contribution in [0, 0.1) is 0 Å². The summed E-state index contributed by atoms with van der Waals surface area (Å²) in [5.41, 5.74) is 4.72. The number of nitrogens with zero attached hydrogens (tertiary/aromatic N) is 3. The number of thioether (sulfide) groups is 2. The van der Waals surface area contributed by atoms with Crippen molar-refractivity contribution in [2.75, 3.05) is 5.75 Å². The monoisotopic (exact) mass is 513 g/mol. The maximum Gasteiger partial charge on any atom is 0.266 e. The van der Waals surface area contributed by atoms with Gasteiger partial charge in [-0.3, -0.25) is 9.69 Å². The third kappa shape index (κ3) is 5.27. The van der Waals surface area contributed by atoms with Gasteiger partial charge in [0.2, 0.25) is 0 Å². The van der Waals surface area contributed by atoms with E-state index in [1.165, 1.54) is 16.7 Å². The highest BCUT2D eigenvalue weighted by Crippen LogP contribution is 2.36. The molecule has 0 saturated carbocycles. The summed E-state index contributed by atoms with van der Waals surface area (Å²) in [6.45, 7) is 2.61. The highest BCUT2D eigenvalue weighted by atomic mass is 32.2. The Hall–Kier alpha value is -3.13. The number of hydrogen-bond acceptors (Lipinski definition) is 5. The fourth-order valence-electron chi connectivity index (χ4n) is 3.85. The van der Waals surface area contributed by atoms with Gasteiger partial charge < -0.3 is 0 Å². The highest BCUT2D eigenvalue weighted by Gasteiger charge is 2.32. The summed E-state index contributed by atoms with van der Waals surface area (Å²) >= 11 is 8.71. The van der Waals surface area contributed by atoms with E-state index in [4.69, 9.17) is 17.3 Å². The molecular weight excluding hydrogens is 491 g/mol. The number of aromatic nitrogens is 2. The van der Waals surface area contributed by atoms with Gasteiger partial charge >= 0.3 is 0 Å². The Morgan fingerprint density at radius 2 is 1.66 bits per heavy atom. The predicted octanol–water partition coefficient (Wildman–Crippen LogP) is 7.05. The Kier molecular flexibility index (Phi) is 7.18. The zero-order valence-electron chi connectivity index (χ0n) is 19.1. The van der Waals surface area contributed by atoms with Crippen LogP contribution in [0.25, 0.3) is 23.0 Å². The average molecular weight is 514 g/mol. The first-order valence-corrected chi connectivity index (χ1v) is 13.5. The van der Waals surface area contributed by atoms with E-state index in [2.05, 4.69) is 31.2 Å². The molecule has 0 bridgehead atoms. The lowest BCUT2D eigenvalue weighted by molar-refractivity contribution is -0.122. The van der Waals surface area contributed by atoms with E-state index in [0.29, 0.717) is 15.8 Å². The Bertz CT molecular complexity index is 1380. The molecule has 0 spiro atoms. The molecule has 1 aliphatic rings. The van der Waals surface area contributed by atoms with Crippen LogP contribution in [0.5, 0.6) is 0 Å². The number of para-hydroxylation sites is 1. The molecule has 174 valence electrons. The van der Waals surface area contributed by atoms with Gasteiger partial charge in [0, 0.05) is 22.2 Å². The van der Waals surface area contributed by atoms with Gasteiger partial charge in [-0.05, 0) is 41.7 Å². The van der Waals surface area contributed by atoms with Gasteiger partial charge in [0.15, 0.2) is 0 Å². The van der Waals surface area contributed by atoms with Crippen LogP contribution >= 0.6 is 35.7 Å². The number of amides is 1. The Morgan fingerprint density at radius 1 is 0.971 bits per heavy atom. The van der Waals surface area contributed by atoms with E-state index in [0.717, 1.165) is 33.8 Å². The molecular formula is C28H23N3OS3. The summed E-state index contributed by atoms with van der Waals surface area (Å²) in [6.07, 6.45) is 3.89. The zero-order chi connectivity index (χ0) is 24.2. The minimum absolute atomic E-state index is 0.0723. The average Bonchev–Trinajstić information content (AvgIpc) is 3.42. The van der Waals surface area contributed by atoms with Gasteiger partial charge in [0.05, 0.1) is 22.8 Å². The second-order valence-electron chi connectivity index (χ2n) is 7.92. The van der Waals surface area contributed by atoms with Crippen molar-refractivity contribution in [2.45, 2.75) is 18.4 Å². The second-order valence-corrected chi connectivity index (χ2v) is 10.9. The SMILES string of the molecule is CCSc1ccc(-c2nn(-c3ccccc3)cc2/C=C2\SC(=S)N(Cc3ccccc3)C2=O)cc1. The molecule has 0 N–H and O–H groups in total. The molecule has 0 radical (unpaired) electrons. The zero-order valence-corrected chi connectivity index (χ0v) is 21.6. The lowest BCUT2D eigenvalue weighted by Crippen LogP contribution is -2.27. The minimum atomic E-state index is -0.0723. The van der Waals surface area contributed by atoms with Crippen LogP contribution < -0.4 is 0 Å². The van der Waals surface area contributed by atoms with Gasteiger partial charge in [-0.1, -0.05) is 91.6 Å². The van der Waals surface area contributed by atoms with Crippen molar-refractivity contribution >= 4 is 52.0 Å². The van der Waals surface area contributed by atoms with E-state index >= 15 is 0 Å². The van der Waals surface area contributed by atoms with Crippen molar-refractivity contribution in [3.63, 3.8) is 0 Å². The fraction of sp³-hybridized carbons (Fsp3) is 0.107. The molecule has 7 heteroatoms. The van der Waals surface area contributed by atoms with E-state index in [9.17, 15) is 4.79 Å². The maximum absolute atomic E-state index is 13.3. The quantitative estimate of drug-likeness (QED) is 0.150. The van der Waals surface area contributed by atoms with E-state index in [1.807, 2.05) is 89.4 Å². The number of hydrogen-bond donors (Lipinski definition) is 0. The van der Waals surface area contributed by atoms with Gasteiger partial charge in [-0.2, -0.15) is 5.10 Å². The Labute approximate surface area is 219 Å². The van der Waals surface area contributed by atoms with Crippen molar-refractivity contribution in [2.24, 2.45) is 0 Å². The molecule has 3 aromatic carbocycles. The minimum Gasteiger partial charge on any atom is -0.288 e. The topological polar surface area (TPSA) is 38.1 Å². The Balaban J connectivity index is 1.51. The van der Waals surface area contributed by atoms with Crippen molar-refractivity contribution in [1.29, 1.82) is 0 Å². The largest absolute Gasteiger partial charge is 0.288 e. The predicted molar refractivity (Wildman–Crippen MR) is 151 cm³/mol. The lowest BCUT2D eigenvalue weighted by atomic mass is 10.1. The summed E-state index contributed by atoms with van der Waals surface area (Å²) in [5, 5.41) is 4.90. The van der Waals surface area contributed by atoms with Crippen LogP contribution in [-0.4, -0.2) is 30.7 Å². The van der Waals surface area contributed by atoms with Gasteiger partial charge in [0.25, 0.3) is 5.91 Å². The van der Waals surface area contributed by atoms with Gasteiger partial charge in [0.1, 0.15) is 4.32 Å². The van der Waals surface area contributed by atoms with E-state index in [-0.39, 0.29) is 5.91 Å². The molecule has 1 fully saturated rings. The second kappa shape index (κ2) is 10.6. The first-order valence-electron chi connectivity index (χ1n) is 11.3. The van der Waals surface area contributed by atoms with Crippen molar-refractivity contribution in [1.82, 2.24) is 14.7 Å². The summed E-state index contributed by atoms with van der Waals surface area (Å²) in [5.74, 6) is 0.954. The van der Waals surface area contributed by atoms with Crippen LogP contribution in [0.15, 0.2) is 101 Å². The van der Waals surface area contributed by atoms with Crippen LogP contribution in [0.2, 0.25) is 0 Å². The summed E-state index contributed by atoms with van der Waals surface area (Å²) < 4.78 is 2.43. The number of thiocarbonyl (C=S) groups is 1. The Morgan fingerprint density at radius 3 is 2.34 bits per heavy atom. The van der Waals surface area contributed by atoms with Crippen LogP contribution in [0.3, 0.4) is 0 Å². The highest BCUT2D eigenvalue weighted by molar-refractivity contribution is 8.26. The summed E-state index contributed by atoms with van der Waals surface area (Å²) in [6, 6.07) is 28.3. The molecule has 1 saturated heterocycles. The van der Waals surface area contributed by atoms with Crippen LogP contribution in [0.4, 0.5) is 0 Å². The fourth-order valence-corrected chi connectivity index (χ4v) is 5.76. The molecule has 0 aliphatic carbocycles. The molecule has 35 heavy (non-hydrogen) atoms. The van der Waals surface area contributed by atoms with E-state index in [1.54, 1.807) is 4.90 Å². The molecule has 1 aliphatic heterocycles. The molecule has 0 unspecified atom stereocenters. The molecule has 1 aromatic heterocycles. The molecule has 5 rings (SSSR count). The first kappa shape index (κ1) is 23.6. The van der Waals surface area contributed by atoms with E-state index < -0.39 is 0 Å².